The van der Waals surface area contributed by atoms with Crippen molar-refractivity contribution in [2.45, 2.75) is 46.1 Å². The van der Waals surface area contributed by atoms with Gasteiger partial charge < -0.3 is 5.11 Å². The first-order valence-electron chi connectivity index (χ1n) is 5.25. The minimum absolute atomic E-state index is 0.143. The number of hydrogen-bond donors (Lipinski definition) is 1. The average molecular weight is 182 g/mol. The van der Waals surface area contributed by atoms with Gasteiger partial charge >= 0.3 is 0 Å². The molecule has 0 aliphatic heterocycles. The first-order chi connectivity index (χ1) is 5.95. The molecule has 0 aromatic rings. The van der Waals surface area contributed by atoms with Crippen LogP contribution >= 0.6 is 0 Å². The Bertz CT molecular complexity index is 178. The van der Waals surface area contributed by atoms with Gasteiger partial charge in [-0.3, -0.25) is 0 Å². The molecule has 0 amide bonds. The highest BCUT2D eigenvalue weighted by molar-refractivity contribution is 4.92. The molecular weight excluding hydrogens is 160 g/mol. The van der Waals surface area contributed by atoms with Crippen LogP contribution in [0.3, 0.4) is 0 Å². The fourth-order valence-corrected chi connectivity index (χ4v) is 2.23. The third kappa shape index (κ3) is 2.57. The van der Waals surface area contributed by atoms with Crippen molar-refractivity contribution in [2.75, 3.05) is 0 Å². The van der Waals surface area contributed by atoms with Crippen LogP contribution in [-0.4, -0.2) is 11.2 Å². The Kier molecular flexibility index (Phi) is 3.18. The van der Waals surface area contributed by atoms with E-state index in [4.69, 9.17) is 0 Å². The molecule has 0 radical (unpaired) electrons. The number of aliphatic hydroxyl groups is 1. The molecule has 1 aliphatic carbocycles. The minimum Gasteiger partial charge on any atom is -0.393 e. The van der Waals surface area contributed by atoms with Crippen molar-refractivity contribution in [3.63, 3.8) is 0 Å². The highest BCUT2D eigenvalue weighted by Gasteiger charge is 2.33. The zero-order valence-electron chi connectivity index (χ0n) is 9.09. The molecule has 1 rings (SSSR count). The van der Waals surface area contributed by atoms with Crippen molar-refractivity contribution >= 4 is 0 Å². The van der Waals surface area contributed by atoms with Crippen molar-refractivity contribution in [3.8, 4) is 0 Å². The summed E-state index contributed by atoms with van der Waals surface area (Å²) in [6.07, 6.45) is 4.99. The van der Waals surface area contributed by atoms with Crippen LogP contribution in [0.4, 0.5) is 0 Å². The highest BCUT2D eigenvalue weighted by Crippen LogP contribution is 2.40. The predicted octanol–water partition coefficient (Wildman–Crippen LogP) is 3.00. The van der Waals surface area contributed by atoms with E-state index in [0.717, 1.165) is 25.2 Å². The van der Waals surface area contributed by atoms with Gasteiger partial charge in [0.05, 0.1) is 6.10 Å². The third-order valence-electron chi connectivity index (χ3n) is 3.39. The maximum Gasteiger partial charge on any atom is 0.0602 e. The van der Waals surface area contributed by atoms with Crippen molar-refractivity contribution in [3.05, 3.63) is 12.7 Å². The lowest BCUT2D eigenvalue weighted by molar-refractivity contribution is 0.0393. The zero-order valence-corrected chi connectivity index (χ0v) is 9.09. The molecular formula is C12H22O. The lowest BCUT2D eigenvalue weighted by atomic mass is 9.68. The van der Waals surface area contributed by atoms with Crippen LogP contribution in [-0.2, 0) is 0 Å². The Morgan fingerprint density at radius 3 is 2.38 bits per heavy atom. The molecule has 76 valence electrons. The summed E-state index contributed by atoms with van der Waals surface area (Å²) < 4.78 is 0. The van der Waals surface area contributed by atoms with Crippen molar-refractivity contribution < 1.29 is 5.11 Å². The van der Waals surface area contributed by atoms with E-state index in [-0.39, 0.29) is 6.10 Å². The third-order valence-corrected chi connectivity index (χ3v) is 3.39. The Balaban J connectivity index is 2.60. The standard InChI is InChI=1S/C12H22O/c1-5-9-8-10(12(2,3)4)6-7-11(9)13/h5,9-11,13H,1,6-8H2,2-4H3/t9-,10+,11+/m1/s1. The van der Waals surface area contributed by atoms with Gasteiger partial charge in [0.15, 0.2) is 0 Å². The van der Waals surface area contributed by atoms with Gasteiger partial charge in [-0.1, -0.05) is 26.8 Å². The minimum atomic E-state index is -0.143. The van der Waals surface area contributed by atoms with Crippen LogP contribution in [0.2, 0.25) is 0 Å². The first kappa shape index (κ1) is 10.8. The van der Waals surface area contributed by atoms with Crippen LogP contribution in [0, 0.1) is 17.3 Å². The molecule has 1 fully saturated rings. The molecule has 1 N–H and O–H groups in total. The molecule has 1 aliphatic rings. The van der Waals surface area contributed by atoms with Crippen molar-refractivity contribution in [2.24, 2.45) is 17.3 Å². The van der Waals surface area contributed by atoms with Gasteiger partial charge in [-0.05, 0) is 30.6 Å². The molecule has 0 saturated heterocycles. The van der Waals surface area contributed by atoms with Gasteiger partial charge in [0.25, 0.3) is 0 Å². The largest absolute Gasteiger partial charge is 0.393 e. The molecule has 1 saturated carbocycles. The van der Waals surface area contributed by atoms with E-state index < -0.39 is 0 Å². The van der Waals surface area contributed by atoms with E-state index in [1.807, 2.05) is 6.08 Å². The second-order valence-electron chi connectivity index (χ2n) is 5.34. The summed E-state index contributed by atoms with van der Waals surface area (Å²) in [6, 6.07) is 0. The summed E-state index contributed by atoms with van der Waals surface area (Å²) in [5.74, 6) is 1.05. The summed E-state index contributed by atoms with van der Waals surface area (Å²) in [7, 11) is 0. The molecule has 0 heterocycles. The lowest BCUT2D eigenvalue weighted by Crippen LogP contribution is -2.33. The van der Waals surface area contributed by atoms with E-state index in [0.29, 0.717) is 11.3 Å². The van der Waals surface area contributed by atoms with Crippen LogP contribution < -0.4 is 0 Å². The number of rotatable bonds is 1. The van der Waals surface area contributed by atoms with Gasteiger partial charge in [-0.15, -0.1) is 6.58 Å². The van der Waals surface area contributed by atoms with Gasteiger partial charge in [0, 0.05) is 5.92 Å². The van der Waals surface area contributed by atoms with Gasteiger partial charge in [0.1, 0.15) is 0 Å². The summed E-state index contributed by atoms with van der Waals surface area (Å²) in [5.41, 5.74) is 0.376. The van der Waals surface area contributed by atoms with Crippen LogP contribution in [0.15, 0.2) is 12.7 Å². The molecule has 0 unspecified atom stereocenters. The Hall–Kier alpha value is -0.300. The molecule has 1 nitrogen and oxygen atoms in total. The highest BCUT2D eigenvalue weighted by atomic mass is 16.3. The second-order valence-corrected chi connectivity index (χ2v) is 5.34. The molecule has 0 aromatic heterocycles. The fourth-order valence-electron chi connectivity index (χ4n) is 2.23. The van der Waals surface area contributed by atoms with Crippen molar-refractivity contribution in [1.82, 2.24) is 0 Å². The van der Waals surface area contributed by atoms with Gasteiger partial charge in [-0.25, -0.2) is 0 Å². The van der Waals surface area contributed by atoms with Gasteiger partial charge in [0.2, 0.25) is 0 Å². The Labute approximate surface area is 81.9 Å². The number of aliphatic hydroxyl groups excluding tert-OH is 1. The maximum absolute atomic E-state index is 9.68. The second kappa shape index (κ2) is 3.83. The Morgan fingerprint density at radius 2 is 1.92 bits per heavy atom. The zero-order chi connectivity index (χ0) is 10.1. The van der Waals surface area contributed by atoms with Crippen LogP contribution in [0.1, 0.15) is 40.0 Å². The van der Waals surface area contributed by atoms with Crippen LogP contribution in [0.25, 0.3) is 0 Å². The predicted molar refractivity (Wildman–Crippen MR) is 56.5 cm³/mol. The van der Waals surface area contributed by atoms with E-state index in [1.54, 1.807) is 0 Å². The molecule has 3 atom stereocenters. The Morgan fingerprint density at radius 1 is 1.31 bits per heavy atom. The molecule has 0 aromatic carbocycles. The first-order valence-corrected chi connectivity index (χ1v) is 5.25. The van der Waals surface area contributed by atoms with E-state index in [2.05, 4.69) is 27.4 Å². The van der Waals surface area contributed by atoms with E-state index >= 15 is 0 Å². The monoisotopic (exact) mass is 182 g/mol. The average Bonchev–Trinajstić information content (AvgIpc) is 2.03. The number of hydrogen-bond acceptors (Lipinski definition) is 1. The topological polar surface area (TPSA) is 20.2 Å². The normalized spacial score (nSPS) is 35.8. The summed E-state index contributed by atoms with van der Waals surface area (Å²) in [6.45, 7) is 10.7. The summed E-state index contributed by atoms with van der Waals surface area (Å²) in [4.78, 5) is 0. The van der Waals surface area contributed by atoms with Crippen molar-refractivity contribution in [1.29, 1.82) is 0 Å². The SMILES string of the molecule is C=C[C@@H]1C[C@@H](C(C)(C)C)CC[C@@H]1O. The summed E-state index contributed by atoms with van der Waals surface area (Å²) in [5, 5.41) is 9.68. The van der Waals surface area contributed by atoms with Crippen LogP contribution in [0.5, 0.6) is 0 Å². The molecule has 0 spiro atoms. The summed E-state index contributed by atoms with van der Waals surface area (Å²) >= 11 is 0. The van der Waals surface area contributed by atoms with Gasteiger partial charge in [-0.2, -0.15) is 0 Å². The molecule has 1 heteroatoms. The molecule has 13 heavy (non-hydrogen) atoms. The fraction of sp³-hybridized carbons (Fsp3) is 0.833. The van der Waals surface area contributed by atoms with E-state index in [1.165, 1.54) is 0 Å². The quantitative estimate of drug-likeness (QED) is 0.618. The smallest absolute Gasteiger partial charge is 0.0602 e. The molecule has 0 bridgehead atoms. The lowest BCUT2D eigenvalue weighted by Gasteiger charge is -2.39. The van der Waals surface area contributed by atoms with E-state index in [9.17, 15) is 5.11 Å². The maximum atomic E-state index is 9.68.